The molecule has 1 N–H and O–H groups in total. The molecule has 1 aromatic rings. The fraction of sp³-hybridized carbons (Fsp3) is 0.533. The molecule has 2 atom stereocenters. The van der Waals surface area contributed by atoms with Crippen LogP contribution in [0.3, 0.4) is 0 Å². The number of nitrogens with one attached hydrogen (secondary N) is 1. The molecule has 0 bridgehead atoms. The molecule has 0 saturated carbocycles. The van der Waals surface area contributed by atoms with Crippen LogP contribution in [-0.4, -0.2) is 44.7 Å². The molecule has 104 valence electrons. The summed E-state index contributed by atoms with van der Waals surface area (Å²) in [7, 11) is 1.78. The lowest BCUT2D eigenvalue weighted by Crippen LogP contribution is -2.45. The molecule has 1 saturated heterocycles. The summed E-state index contributed by atoms with van der Waals surface area (Å²) >= 11 is 0. The molecular formula is C15H22N2O2. The van der Waals surface area contributed by atoms with Crippen molar-refractivity contribution in [3.05, 3.63) is 29.8 Å². The number of ether oxygens (including phenoxy) is 1. The monoisotopic (exact) mass is 262 g/mol. The van der Waals surface area contributed by atoms with E-state index in [2.05, 4.69) is 24.1 Å². The Balaban J connectivity index is 2.07. The fourth-order valence-electron chi connectivity index (χ4n) is 2.51. The summed E-state index contributed by atoms with van der Waals surface area (Å²) in [5.74, 6) is 0.123. The molecule has 1 aromatic carbocycles. The van der Waals surface area contributed by atoms with Gasteiger partial charge in [-0.15, -0.1) is 0 Å². The van der Waals surface area contributed by atoms with Gasteiger partial charge in [-0.2, -0.15) is 0 Å². The molecule has 1 fully saturated rings. The van der Waals surface area contributed by atoms with Crippen LogP contribution in [0, 0.1) is 0 Å². The van der Waals surface area contributed by atoms with Crippen LogP contribution in [0.4, 0.5) is 5.69 Å². The van der Waals surface area contributed by atoms with Gasteiger partial charge < -0.3 is 15.0 Å². The molecule has 0 aromatic heterocycles. The van der Waals surface area contributed by atoms with Gasteiger partial charge in [0.15, 0.2) is 5.78 Å². The van der Waals surface area contributed by atoms with Gasteiger partial charge in [0.05, 0.1) is 18.8 Å². The highest BCUT2D eigenvalue weighted by Gasteiger charge is 2.22. The van der Waals surface area contributed by atoms with Crippen LogP contribution in [-0.2, 0) is 4.74 Å². The number of benzene rings is 1. The predicted octanol–water partition coefficient (Wildman–Crippen LogP) is 1.70. The normalized spacial score (nSPS) is 23.4. The third-order valence-corrected chi connectivity index (χ3v) is 3.31. The van der Waals surface area contributed by atoms with Crippen molar-refractivity contribution >= 4 is 11.5 Å². The Morgan fingerprint density at radius 1 is 1.26 bits per heavy atom. The number of rotatable bonds is 4. The first-order chi connectivity index (χ1) is 9.10. The van der Waals surface area contributed by atoms with Crippen molar-refractivity contribution in [2.45, 2.75) is 26.1 Å². The zero-order chi connectivity index (χ0) is 13.8. The van der Waals surface area contributed by atoms with Crippen molar-refractivity contribution in [1.82, 2.24) is 5.32 Å². The highest BCUT2D eigenvalue weighted by atomic mass is 16.5. The first-order valence-corrected chi connectivity index (χ1v) is 6.78. The van der Waals surface area contributed by atoms with Crippen molar-refractivity contribution in [1.29, 1.82) is 0 Å². The molecule has 2 unspecified atom stereocenters. The van der Waals surface area contributed by atoms with Gasteiger partial charge in [-0.25, -0.2) is 0 Å². The fourth-order valence-corrected chi connectivity index (χ4v) is 2.51. The Labute approximate surface area is 114 Å². The summed E-state index contributed by atoms with van der Waals surface area (Å²) in [5, 5.41) is 2.88. The van der Waals surface area contributed by atoms with Crippen LogP contribution in [0.25, 0.3) is 0 Å². The number of hydrogen-bond donors (Lipinski definition) is 1. The highest BCUT2D eigenvalue weighted by Crippen LogP contribution is 2.20. The van der Waals surface area contributed by atoms with E-state index in [0.29, 0.717) is 6.54 Å². The Kier molecular flexibility index (Phi) is 4.56. The van der Waals surface area contributed by atoms with E-state index in [-0.39, 0.29) is 18.0 Å². The third kappa shape index (κ3) is 3.55. The molecule has 0 aliphatic carbocycles. The molecule has 1 aliphatic rings. The Bertz CT molecular complexity index is 420. The molecule has 2 rings (SSSR count). The largest absolute Gasteiger partial charge is 0.372 e. The molecule has 0 spiro atoms. The zero-order valence-corrected chi connectivity index (χ0v) is 11.8. The van der Waals surface area contributed by atoms with E-state index < -0.39 is 0 Å². The number of likely N-dealkylation sites (N-methyl/N-ethyl adjacent to an activating group) is 1. The molecule has 1 aliphatic heterocycles. The zero-order valence-electron chi connectivity index (χ0n) is 11.8. The topological polar surface area (TPSA) is 41.6 Å². The van der Waals surface area contributed by atoms with Crippen molar-refractivity contribution in [3.63, 3.8) is 0 Å². The van der Waals surface area contributed by atoms with E-state index in [0.717, 1.165) is 24.3 Å². The SMILES string of the molecule is CNCC(=O)c1ccc(N2CC(C)OC(C)C2)cc1. The first-order valence-electron chi connectivity index (χ1n) is 6.78. The molecule has 0 amide bonds. The van der Waals surface area contributed by atoms with Crippen molar-refractivity contribution in [2.75, 3.05) is 31.6 Å². The van der Waals surface area contributed by atoms with Gasteiger partial charge in [-0.1, -0.05) is 0 Å². The van der Waals surface area contributed by atoms with E-state index >= 15 is 0 Å². The van der Waals surface area contributed by atoms with Crippen LogP contribution in [0.1, 0.15) is 24.2 Å². The lowest BCUT2D eigenvalue weighted by molar-refractivity contribution is -0.00522. The summed E-state index contributed by atoms with van der Waals surface area (Å²) in [6.07, 6.45) is 0.490. The van der Waals surface area contributed by atoms with E-state index in [1.807, 2.05) is 24.3 Å². The summed E-state index contributed by atoms with van der Waals surface area (Å²) in [5.41, 5.74) is 1.91. The second-order valence-electron chi connectivity index (χ2n) is 5.16. The second-order valence-corrected chi connectivity index (χ2v) is 5.16. The van der Waals surface area contributed by atoms with Crippen LogP contribution in [0.2, 0.25) is 0 Å². The summed E-state index contributed by atoms with van der Waals surface area (Å²) in [6, 6.07) is 7.85. The van der Waals surface area contributed by atoms with E-state index in [4.69, 9.17) is 4.74 Å². The van der Waals surface area contributed by atoms with Gasteiger partial charge in [0.25, 0.3) is 0 Å². The molecule has 4 heteroatoms. The number of morpholine rings is 1. The maximum atomic E-state index is 11.7. The number of ketones is 1. The van der Waals surface area contributed by atoms with Crippen molar-refractivity contribution in [3.8, 4) is 0 Å². The summed E-state index contributed by atoms with van der Waals surface area (Å²) in [4.78, 5) is 14.1. The maximum absolute atomic E-state index is 11.7. The lowest BCUT2D eigenvalue weighted by Gasteiger charge is -2.36. The smallest absolute Gasteiger partial charge is 0.176 e. The van der Waals surface area contributed by atoms with Gasteiger partial charge >= 0.3 is 0 Å². The summed E-state index contributed by atoms with van der Waals surface area (Å²) < 4.78 is 5.73. The lowest BCUT2D eigenvalue weighted by atomic mass is 10.1. The standard InChI is InChI=1S/C15H22N2O2/c1-11-9-17(10-12(2)19-11)14-6-4-13(5-7-14)15(18)8-16-3/h4-7,11-12,16H,8-10H2,1-3H3. The number of nitrogens with zero attached hydrogens (tertiary/aromatic N) is 1. The van der Waals surface area contributed by atoms with Gasteiger partial charge in [-0.3, -0.25) is 4.79 Å². The van der Waals surface area contributed by atoms with Crippen LogP contribution >= 0.6 is 0 Å². The molecular weight excluding hydrogens is 240 g/mol. The van der Waals surface area contributed by atoms with Gasteiger partial charge in [0.1, 0.15) is 0 Å². The molecule has 4 nitrogen and oxygen atoms in total. The average Bonchev–Trinajstić information content (AvgIpc) is 2.38. The van der Waals surface area contributed by atoms with Crippen LogP contribution < -0.4 is 10.2 Å². The summed E-state index contributed by atoms with van der Waals surface area (Å²) in [6.45, 7) is 6.36. The van der Waals surface area contributed by atoms with E-state index in [1.165, 1.54) is 0 Å². The van der Waals surface area contributed by atoms with Crippen molar-refractivity contribution < 1.29 is 9.53 Å². The van der Waals surface area contributed by atoms with Crippen LogP contribution in [0.5, 0.6) is 0 Å². The number of Topliss-reactive ketones (excluding diaryl/α,β-unsaturated/α-hetero) is 1. The Hall–Kier alpha value is -1.39. The molecule has 19 heavy (non-hydrogen) atoms. The van der Waals surface area contributed by atoms with Gasteiger partial charge in [0.2, 0.25) is 0 Å². The maximum Gasteiger partial charge on any atom is 0.176 e. The van der Waals surface area contributed by atoms with E-state index in [1.54, 1.807) is 7.05 Å². The number of anilines is 1. The Morgan fingerprint density at radius 3 is 2.37 bits per heavy atom. The molecule has 1 heterocycles. The van der Waals surface area contributed by atoms with Crippen LogP contribution in [0.15, 0.2) is 24.3 Å². The molecule has 0 radical (unpaired) electrons. The quantitative estimate of drug-likeness (QED) is 0.839. The first kappa shape index (κ1) is 14.0. The third-order valence-electron chi connectivity index (χ3n) is 3.31. The minimum absolute atomic E-state index is 0.123. The minimum atomic E-state index is 0.123. The second kappa shape index (κ2) is 6.17. The number of carbonyl (C=O) groups is 1. The van der Waals surface area contributed by atoms with Gasteiger partial charge in [-0.05, 0) is 45.2 Å². The minimum Gasteiger partial charge on any atom is -0.372 e. The number of hydrogen-bond acceptors (Lipinski definition) is 4. The van der Waals surface area contributed by atoms with Gasteiger partial charge in [0, 0.05) is 24.3 Å². The number of carbonyl (C=O) groups excluding carboxylic acids is 1. The highest BCUT2D eigenvalue weighted by molar-refractivity contribution is 5.97. The van der Waals surface area contributed by atoms with E-state index in [9.17, 15) is 4.79 Å². The Morgan fingerprint density at radius 2 is 1.84 bits per heavy atom. The van der Waals surface area contributed by atoms with Crippen molar-refractivity contribution in [2.24, 2.45) is 0 Å². The predicted molar refractivity (Wildman–Crippen MR) is 76.9 cm³/mol. The average molecular weight is 262 g/mol.